The Kier molecular flexibility index (Phi) is 4.90. The Morgan fingerprint density at radius 1 is 0.409 bits per heavy atom. The van der Waals surface area contributed by atoms with Crippen LogP contribution in [0, 0.1) is 0 Å². The predicted octanol–water partition coefficient (Wildman–Crippen LogP) is 10.5. The molecule has 204 valence electrons. The minimum Gasteiger partial charge on any atom is -0.248 e. The van der Waals surface area contributed by atoms with Crippen molar-refractivity contribution in [3.63, 3.8) is 0 Å². The number of hydrogen-bond acceptors (Lipinski definition) is 1. The van der Waals surface area contributed by atoms with E-state index in [1.165, 1.54) is 86.9 Å². The van der Waals surface area contributed by atoms with Gasteiger partial charge in [-0.25, -0.2) is 4.98 Å². The molecule has 9 aromatic rings. The van der Waals surface area contributed by atoms with E-state index in [0.29, 0.717) is 0 Å². The topological polar surface area (TPSA) is 12.9 Å². The van der Waals surface area contributed by atoms with Gasteiger partial charge >= 0.3 is 0 Å². The third-order valence-corrected chi connectivity index (χ3v) is 9.89. The van der Waals surface area contributed by atoms with E-state index in [1.807, 2.05) is 0 Å². The van der Waals surface area contributed by atoms with Crippen molar-refractivity contribution in [1.82, 2.24) is 4.98 Å². The Balaban J connectivity index is 1.34. The standard InChI is InChI=1S/C43H27N/c1-3-13-34-26(7-1)19-23-37-42(34)41(43-35-14-4-2-8-27(35)20-24-38(43)44-37)32-12-6-11-31(25-32)33-21-17-30-16-15-28-9-5-10-29-18-22-36(33)40(30)39(28)29/h1-16,18-20,22-25H,17,21H2. The number of rotatable bonds is 2. The minimum absolute atomic E-state index is 1.04. The van der Waals surface area contributed by atoms with Gasteiger partial charge in [-0.15, -0.1) is 0 Å². The van der Waals surface area contributed by atoms with Crippen molar-refractivity contribution in [2.24, 2.45) is 0 Å². The number of aryl methyl sites for hydroxylation is 1. The second kappa shape index (κ2) is 8.99. The van der Waals surface area contributed by atoms with Gasteiger partial charge in [0.25, 0.3) is 0 Å². The van der Waals surface area contributed by atoms with E-state index in [1.54, 1.807) is 0 Å². The second-order valence-corrected chi connectivity index (χ2v) is 12.2. The fourth-order valence-corrected chi connectivity index (χ4v) is 7.95. The number of pyridine rings is 1. The average Bonchev–Trinajstić information content (AvgIpc) is 3.09. The lowest BCUT2D eigenvalue weighted by atomic mass is 9.83. The highest BCUT2D eigenvalue weighted by Gasteiger charge is 2.20. The van der Waals surface area contributed by atoms with Gasteiger partial charge in [0.2, 0.25) is 0 Å². The lowest BCUT2D eigenvalue weighted by molar-refractivity contribution is 1.01. The van der Waals surface area contributed by atoms with Crippen molar-refractivity contribution < 1.29 is 0 Å². The van der Waals surface area contributed by atoms with E-state index in [4.69, 9.17) is 4.98 Å². The minimum atomic E-state index is 1.04. The monoisotopic (exact) mass is 557 g/mol. The molecule has 0 spiro atoms. The Morgan fingerprint density at radius 3 is 1.73 bits per heavy atom. The summed E-state index contributed by atoms with van der Waals surface area (Å²) < 4.78 is 0. The third-order valence-electron chi connectivity index (χ3n) is 9.89. The zero-order valence-electron chi connectivity index (χ0n) is 24.1. The van der Waals surface area contributed by atoms with Gasteiger partial charge < -0.3 is 0 Å². The molecule has 44 heavy (non-hydrogen) atoms. The van der Waals surface area contributed by atoms with Crippen LogP contribution in [-0.2, 0) is 6.42 Å². The molecule has 1 heteroatoms. The fourth-order valence-electron chi connectivity index (χ4n) is 7.95. The lowest BCUT2D eigenvalue weighted by Crippen LogP contribution is -2.16. The Labute approximate surface area is 254 Å². The molecule has 0 N–H and O–H groups in total. The highest BCUT2D eigenvalue weighted by atomic mass is 14.7. The zero-order chi connectivity index (χ0) is 28.8. The van der Waals surface area contributed by atoms with Crippen LogP contribution in [0.25, 0.3) is 81.6 Å². The molecule has 1 aliphatic rings. The summed E-state index contributed by atoms with van der Waals surface area (Å²) in [5.74, 6) is 0. The van der Waals surface area contributed by atoms with Crippen LogP contribution in [0.2, 0.25) is 0 Å². The summed E-state index contributed by atoms with van der Waals surface area (Å²) >= 11 is 0. The number of benzene rings is 8. The van der Waals surface area contributed by atoms with E-state index in [2.05, 4.69) is 140 Å². The van der Waals surface area contributed by atoms with Gasteiger partial charge in [0.05, 0.1) is 11.0 Å². The van der Waals surface area contributed by atoms with Crippen LogP contribution in [0.15, 0.2) is 140 Å². The Hall–Kier alpha value is -5.53. The maximum absolute atomic E-state index is 5.24. The number of nitrogens with zero attached hydrogens (tertiary/aromatic N) is 1. The number of aromatic nitrogens is 1. The van der Waals surface area contributed by atoms with Crippen LogP contribution in [0.3, 0.4) is 0 Å². The molecule has 0 amide bonds. The van der Waals surface area contributed by atoms with Crippen molar-refractivity contribution in [1.29, 1.82) is 0 Å². The SMILES string of the molecule is c1cc(C2=c3ccc4cccc5ccc(c3c54)CC2)cc(-c2c3c(ccc4ccccc43)nc3ccc4ccccc4c23)c1. The van der Waals surface area contributed by atoms with Crippen molar-refractivity contribution in [3.8, 4) is 11.1 Å². The first-order valence-corrected chi connectivity index (χ1v) is 15.5. The summed E-state index contributed by atoms with van der Waals surface area (Å²) in [4.78, 5) is 5.24. The molecule has 0 unspecified atom stereocenters. The second-order valence-electron chi connectivity index (χ2n) is 12.2. The normalized spacial score (nSPS) is 13.2. The average molecular weight is 558 g/mol. The molecule has 1 aliphatic carbocycles. The quantitative estimate of drug-likeness (QED) is 0.152. The highest BCUT2D eigenvalue weighted by molar-refractivity contribution is 6.25. The van der Waals surface area contributed by atoms with Crippen LogP contribution in [0.5, 0.6) is 0 Å². The first-order chi connectivity index (χ1) is 21.8. The Bertz CT molecular complexity index is 2600. The first kappa shape index (κ1) is 24.0. The van der Waals surface area contributed by atoms with Crippen molar-refractivity contribution in [2.75, 3.05) is 0 Å². The number of fused-ring (bicyclic) bond motifs is 6. The molecule has 1 heterocycles. The molecule has 0 radical (unpaired) electrons. The summed E-state index contributed by atoms with van der Waals surface area (Å²) in [6, 6.07) is 51.6. The molecule has 8 aromatic carbocycles. The van der Waals surface area contributed by atoms with Gasteiger partial charge in [0, 0.05) is 16.3 Å². The molecule has 0 bridgehead atoms. The van der Waals surface area contributed by atoms with E-state index in [9.17, 15) is 0 Å². The highest BCUT2D eigenvalue weighted by Crippen LogP contribution is 2.42. The van der Waals surface area contributed by atoms with Gasteiger partial charge in [-0.2, -0.15) is 0 Å². The predicted molar refractivity (Wildman–Crippen MR) is 187 cm³/mol. The molecular formula is C43H27N. The fraction of sp³-hybridized carbons (Fsp3) is 0.0465. The molecule has 10 rings (SSSR count). The summed E-state index contributed by atoms with van der Waals surface area (Å²) in [6.07, 6.45) is 2.10. The summed E-state index contributed by atoms with van der Waals surface area (Å²) in [7, 11) is 0. The Morgan fingerprint density at radius 2 is 1.00 bits per heavy atom. The van der Waals surface area contributed by atoms with Crippen LogP contribution in [0.4, 0.5) is 0 Å². The van der Waals surface area contributed by atoms with Gasteiger partial charge in [0.15, 0.2) is 0 Å². The molecule has 1 aromatic heterocycles. The molecule has 0 fully saturated rings. The van der Waals surface area contributed by atoms with E-state index < -0.39 is 0 Å². The van der Waals surface area contributed by atoms with Crippen LogP contribution < -0.4 is 5.22 Å². The first-order valence-electron chi connectivity index (χ1n) is 15.5. The molecule has 0 aliphatic heterocycles. The molecule has 0 saturated carbocycles. The zero-order valence-corrected chi connectivity index (χ0v) is 24.1. The molecule has 1 nitrogen and oxygen atoms in total. The van der Waals surface area contributed by atoms with Crippen molar-refractivity contribution >= 4 is 70.5 Å². The van der Waals surface area contributed by atoms with Gasteiger partial charge in [-0.1, -0.05) is 121 Å². The van der Waals surface area contributed by atoms with E-state index >= 15 is 0 Å². The molecule has 0 saturated heterocycles. The molecular weight excluding hydrogens is 530 g/mol. The van der Waals surface area contributed by atoms with Crippen LogP contribution in [0.1, 0.15) is 17.5 Å². The van der Waals surface area contributed by atoms with Crippen LogP contribution in [-0.4, -0.2) is 4.98 Å². The van der Waals surface area contributed by atoms with Gasteiger partial charge in [-0.3, -0.25) is 0 Å². The number of hydrogen-bond donors (Lipinski definition) is 0. The van der Waals surface area contributed by atoms with Gasteiger partial charge in [-0.05, 0) is 102 Å². The summed E-state index contributed by atoms with van der Waals surface area (Å²) in [5.41, 5.74) is 8.80. The maximum Gasteiger partial charge on any atom is 0.0722 e. The lowest BCUT2D eigenvalue weighted by Gasteiger charge is -2.21. The third kappa shape index (κ3) is 3.33. The van der Waals surface area contributed by atoms with Crippen LogP contribution >= 0.6 is 0 Å². The largest absolute Gasteiger partial charge is 0.248 e. The summed E-state index contributed by atoms with van der Waals surface area (Å²) in [5, 5.41) is 14.3. The maximum atomic E-state index is 5.24. The summed E-state index contributed by atoms with van der Waals surface area (Å²) in [6.45, 7) is 0. The van der Waals surface area contributed by atoms with E-state index in [0.717, 1.165) is 23.9 Å². The smallest absolute Gasteiger partial charge is 0.0722 e. The van der Waals surface area contributed by atoms with Crippen molar-refractivity contribution in [3.05, 3.63) is 156 Å². The van der Waals surface area contributed by atoms with Crippen molar-refractivity contribution in [2.45, 2.75) is 12.8 Å². The van der Waals surface area contributed by atoms with Gasteiger partial charge in [0.1, 0.15) is 0 Å². The molecule has 0 atom stereocenters. The van der Waals surface area contributed by atoms with E-state index in [-0.39, 0.29) is 0 Å².